The van der Waals surface area contributed by atoms with E-state index in [-0.39, 0.29) is 5.95 Å². The summed E-state index contributed by atoms with van der Waals surface area (Å²) in [6, 6.07) is 11.0. The third kappa shape index (κ3) is 2.45. The molecule has 4 heteroatoms. The smallest absolute Gasteiger partial charge is 0.221 e. The van der Waals surface area contributed by atoms with Crippen molar-refractivity contribution in [3.8, 4) is 29.2 Å². The van der Waals surface area contributed by atoms with E-state index < -0.39 is 0 Å². The summed E-state index contributed by atoms with van der Waals surface area (Å²) in [4.78, 5) is 8.17. The normalized spacial score (nSPS) is 9.11. The monoisotopic (exact) mass is 234 g/mol. The maximum atomic E-state index is 8.87. The molecular weight excluding hydrogens is 224 g/mol. The first kappa shape index (κ1) is 11.6. The van der Waals surface area contributed by atoms with Gasteiger partial charge in [0.05, 0.1) is 17.3 Å². The molecule has 2 N–H and O–H groups in total. The van der Waals surface area contributed by atoms with E-state index in [9.17, 15) is 0 Å². The van der Waals surface area contributed by atoms with Crippen LogP contribution in [0.25, 0.3) is 11.3 Å². The van der Waals surface area contributed by atoms with Crippen molar-refractivity contribution in [1.82, 2.24) is 9.97 Å². The minimum Gasteiger partial charge on any atom is -0.368 e. The highest BCUT2D eigenvalue weighted by molar-refractivity contribution is 5.63. The number of hydrogen-bond donors (Lipinski definition) is 1. The van der Waals surface area contributed by atoms with Crippen LogP contribution < -0.4 is 5.73 Å². The first-order valence-electron chi connectivity index (χ1n) is 5.31. The Labute approximate surface area is 105 Å². The summed E-state index contributed by atoms with van der Waals surface area (Å²) in [5.74, 6) is 5.78. The van der Waals surface area contributed by atoms with E-state index in [2.05, 4.69) is 27.9 Å². The third-order valence-electron chi connectivity index (χ3n) is 2.28. The van der Waals surface area contributed by atoms with Crippen molar-refractivity contribution < 1.29 is 0 Å². The predicted octanol–water partition coefficient (Wildman–Crippen LogP) is 1.97. The van der Waals surface area contributed by atoms with Crippen LogP contribution in [0.3, 0.4) is 0 Å². The first-order chi connectivity index (χ1) is 8.72. The van der Waals surface area contributed by atoms with Gasteiger partial charge >= 0.3 is 0 Å². The number of nitriles is 1. The summed E-state index contributed by atoms with van der Waals surface area (Å²) < 4.78 is 0. The van der Waals surface area contributed by atoms with Crippen LogP contribution in [0.4, 0.5) is 5.95 Å². The van der Waals surface area contributed by atoms with Gasteiger partial charge in [0.25, 0.3) is 0 Å². The van der Waals surface area contributed by atoms with Crippen LogP contribution in [0.5, 0.6) is 0 Å². The summed E-state index contributed by atoms with van der Waals surface area (Å²) in [5, 5.41) is 8.87. The van der Waals surface area contributed by atoms with Gasteiger partial charge in [-0.3, -0.25) is 0 Å². The molecular formula is C14H10N4. The number of hydrogen-bond acceptors (Lipinski definition) is 4. The number of nitrogens with two attached hydrogens (primary N) is 1. The van der Waals surface area contributed by atoms with Crippen LogP contribution in [-0.4, -0.2) is 9.97 Å². The second-order valence-electron chi connectivity index (χ2n) is 3.56. The van der Waals surface area contributed by atoms with Crippen molar-refractivity contribution in [2.24, 2.45) is 0 Å². The Balaban J connectivity index is 2.55. The molecule has 0 fully saturated rings. The van der Waals surface area contributed by atoms with Gasteiger partial charge < -0.3 is 5.73 Å². The summed E-state index contributed by atoms with van der Waals surface area (Å²) in [7, 11) is 0. The molecule has 0 radical (unpaired) electrons. The van der Waals surface area contributed by atoms with Gasteiger partial charge in [-0.05, 0) is 31.0 Å². The highest BCUT2D eigenvalue weighted by Crippen LogP contribution is 2.19. The molecule has 0 saturated heterocycles. The Morgan fingerprint density at radius 1 is 1.22 bits per heavy atom. The number of benzene rings is 1. The Hall–Kier alpha value is -2.85. The molecule has 0 amide bonds. The lowest BCUT2D eigenvalue weighted by molar-refractivity contribution is 1.17. The molecule has 86 valence electrons. The fraction of sp³-hybridized carbons (Fsp3) is 0.0714. The Kier molecular flexibility index (Phi) is 3.22. The van der Waals surface area contributed by atoms with Crippen LogP contribution >= 0.6 is 0 Å². The van der Waals surface area contributed by atoms with Gasteiger partial charge in [0.2, 0.25) is 5.95 Å². The average molecular weight is 234 g/mol. The minimum atomic E-state index is 0.174. The van der Waals surface area contributed by atoms with Gasteiger partial charge in [-0.1, -0.05) is 18.1 Å². The van der Waals surface area contributed by atoms with E-state index >= 15 is 0 Å². The van der Waals surface area contributed by atoms with Crippen molar-refractivity contribution in [2.45, 2.75) is 6.92 Å². The molecule has 0 aliphatic heterocycles. The van der Waals surface area contributed by atoms with E-state index in [4.69, 9.17) is 11.0 Å². The van der Waals surface area contributed by atoms with E-state index in [1.807, 2.05) is 6.07 Å². The molecule has 4 nitrogen and oxygen atoms in total. The molecule has 0 atom stereocenters. The molecule has 0 bridgehead atoms. The number of anilines is 1. The molecule has 1 heterocycles. The summed E-state index contributed by atoms with van der Waals surface area (Å²) in [6.07, 6.45) is 0. The average Bonchev–Trinajstić information content (AvgIpc) is 2.38. The van der Waals surface area contributed by atoms with Crippen molar-refractivity contribution in [3.05, 3.63) is 41.6 Å². The highest BCUT2D eigenvalue weighted by Gasteiger charge is 2.04. The number of rotatable bonds is 1. The second-order valence-corrected chi connectivity index (χ2v) is 3.56. The molecule has 2 aromatic rings. The predicted molar refractivity (Wildman–Crippen MR) is 69.1 cm³/mol. The van der Waals surface area contributed by atoms with Crippen LogP contribution in [0.1, 0.15) is 18.2 Å². The van der Waals surface area contributed by atoms with E-state index in [1.165, 1.54) is 0 Å². The van der Waals surface area contributed by atoms with E-state index in [1.54, 1.807) is 31.2 Å². The van der Waals surface area contributed by atoms with Crippen molar-refractivity contribution in [1.29, 1.82) is 5.26 Å². The lowest BCUT2D eigenvalue weighted by Gasteiger charge is -2.03. The fourth-order valence-corrected chi connectivity index (χ4v) is 1.55. The SMILES string of the molecule is CC#Cc1cc(-c2cccc(C#N)c2)nc(N)n1. The number of aromatic nitrogens is 2. The van der Waals surface area contributed by atoms with Crippen LogP contribution in [0, 0.1) is 23.2 Å². The third-order valence-corrected chi connectivity index (χ3v) is 2.28. The van der Waals surface area contributed by atoms with Gasteiger partial charge in [0.15, 0.2) is 0 Å². The van der Waals surface area contributed by atoms with Crippen molar-refractivity contribution in [3.63, 3.8) is 0 Å². The molecule has 2 rings (SSSR count). The van der Waals surface area contributed by atoms with Crippen LogP contribution in [0.15, 0.2) is 30.3 Å². The van der Waals surface area contributed by atoms with Crippen molar-refractivity contribution in [2.75, 3.05) is 5.73 Å². The molecule has 0 aliphatic carbocycles. The van der Waals surface area contributed by atoms with Gasteiger partial charge in [0.1, 0.15) is 5.69 Å². The maximum Gasteiger partial charge on any atom is 0.221 e. The summed E-state index contributed by atoms with van der Waals surface area (Å²) in [5.41, 5.74) is 8.28. The Bertz CT molecular complexity index is 687. The Morgan fingerprint density at radius 2 is 2.06 bits per heavy atom. The summed E-state index contributed by atoms with van der Waals surface area (Å²) >= 11 is 0. The van der Waals surface area contributed by atoms with Gasteiger partial charge in [-0.25, -0.2) is 9.97 Å². The zero-order chi connectivity index (χ0) is 13.0. The van der Waals surface area contributed by atoms with Crippen LogP contribution in [0.2, 0.25) is 0 Å². The van der Waals surface area contributed by atoms with Crippen LogP contribution in [-0.2, 0) is 0 Å². The van der Waals surface area contributed by atoms with E-state index in [0.717, 1.165) is 5.56 Å². The molecule has 0 aliphatic rings. The highest BCUT2D eigenvalue weighted by atomic mass is 15.0. The topological polar surface area (TPSA) is 75.6 Å². The van der Waals surface area contributed by atoms with Gasteiger partial charge in [-0.15, -0.1) is 0 Å². The fourth-order valence-electron chi connectivity index (χ4n) is 1.55. The van der Waals surface area contributed by atoms with Gasteiger partial charge in [-0.2, -0.15) is 5.26 Å². The zero-order valence-corrected chi connectivity index (χ0v) is 9.81. The number of nitrogen functional groups attached to an aromatic ring is 1. The Morgan fingerprint density at radius 3 is 2.78 bits per heavy atom. The quantitative estimate of drug-likeness (QED) is 0.765. The minimum absolute atomic E-state index is 0.174. The molecule has 18 heavy (non-hydrogen) atoms. The summed E-state index contributed by atoms with van der Waals surface area (Å²) in [6.45, 7) is 1.73. The second kappa shape index (κ2) is 4.99. The molecule has 1 aromatic carbocycles. The van der Waals surface area contributed by atoms with Gasteiger partial charge in [0, 0.05) is 5.56 Å². The standard InChI is InChI=1S/C14H10N4/c1-2-4-12-8-13(18-14(16)17-12)11-6-3-5-10(7-11)9-15/h3,5-8H,1H3,(H2,16,17,18). The lowest BCUT2D eigenvalue weighted by atomic mass is 10.1. The van der Waals surface area contributed by atoms with E-state index in [0.29, 0.717) is 17.0 Å². The largest absolute Gasteiger partial charge is 0.368 e. The maximum absolute atomic E-state index is 8.87. The molecule has 1 aromatic heterocycles. The molecule has 0 saturated carbocycles. The number of nitrogens with zero attached hydrogens (tertiary/aromatic N) is 3. The molecule has 0 unspecified atom stereocenters. The van der Waals surface area contributed by atoms with Crippen molar-refractivity contribution >= 4 is 5.95 Å². The first-order valence-corrected chi connectivity index (χ1v) is 5.31. The molecule has 0 spiro atoms. The zero-order valence-electron chi connectivity index (χ0n) is 9.81. The lowest BCUT2D eigenvalue weighted by Crippen LogP contribution is -1.99.